The Balaban J connectivity index is 1.72. The Morgan fingerprint density at radius 3 is 2.25 bits per heavy atom. The average molecular weight is 333 g/mol. The van der Waals surface area contributed by atoms with Crippen molar-refractivity contribution in [2.75, 3.05) is 41.7 Å². The van der Waals surface area contributed by atoms with Gasteiger partial charge in [-0.15, -0.1) is 0 Å². The minimum atomic E-state index is 0.853. The Labute approximate surface area is 127 Å². The Morgan fingerprint density at radius 2 is 1.60 bits per heavy atom. The number of piperazine rings is 1. The molecule has 0 bridgehead atoms. The lowest BCUT2D eigenvalue weighted by atomic mass is 10.2. The third-order valence-electron chi connectivity index (χ3n) is 3.65. The van der Waals surface area contributed by atoms with Crippen LogP contribution in [-0.4, -0.2) is 31.2 Å². The third kappa shape index (κ3) is 2.58. The molecule has 1 fully saturated rings. The van der Waals surface area contributed by atoms with Gasteiger partial charge in [0.05, 0.1) is 21.5 Å². The van der Waals surface area contributed by atoms with Crippen molar-refractivity contribution < 1.29 is 0 Å². The Kier molecular flexibility index (Phi) is 3.78. The molecule has 4 nitrogen and oxygen atoms in total. The van der Waals surface area contributed by atoms with Crippen LogP contribution in [0.3, 0.4) is 0 Å². The standard InChI is InChI=1S/C15H17BrN4/c16-12-11-18-6-5-14(12)19-7-9-20(10-8-19)15-4-2-1-3-13(15)17/h1-6,11H,7-10,17H2. The lowest BCUT2D eigenvalue weighted by Crippen LogP contribution is -2.46. The van der Waals surface area contributed by atoms with Gasteiger partial charge < -0.3 is 15.5 Å². The largest absolute Gasteiger partial charge is 0.397 e. The van der Waals surface area contributed by atoms with Crippen molar-refractivity contribution in [3.05, 3.63) is 47.2 Å². The van der Waals surface area contributed by atoms with Crippen LogP contribution < -0.4 is 15.5 Å². The van der Waals surface area contributed by atoms with E-state index in [9.17, 15) is 0 Å². The van der Waals surface area contributed by atoms with E-state index in [2.05, 4.69) is 42.8 Å². The number of hydrogen-bond donors (Lipinski definition) is 1. The summed E-state index contributed by atoms with van der Waals surface area (Å²) in [6.45, 7) is 3.92. The van der Waals surface area contributed by atoms with E-state index in [1.165, 1.54) is 5.69 Å². The van der Waals surface area contributed by atoms with Crippen LogP contribution in [-0.2, 0) is 0 Å². The summed E-state index contributed by atoms with van der Waals surface area (Å²) in [6.07, 6.45) is 3.68. The van der Waals surface area contributed by atoms with Crippen LogP contribution in [0.1, 0.15) is 0 Å². The van der Waals surface area contributed by atoms with Crippen molar-refractivity contribution in [2.24, 2.45) is 0 Å². The number of anilines is 3. The number of para-hydroxylation sites is 2. The first-order valence-electron chi connectivity index (χ1n) is 6.69. The van der Waals surface area contributed by atoms with Crippen LogP contribution in [0.25, 0.3) is 0 Å². The lowest BCUT2D eigenvalue weighted by Gasteiger charge is -2.38. The monoisotopic (exact) mass is 332 g/mol. The van der Waals surface area contributed by atoms with Gasteiger partial charge in [-0.25, -0.2) is 0 Å². The van der Waals surface area contributed by atoms with E-state index >= 15 is 0 Å². The van der Waals surface area contributed by atoms with Gasteiger partial charge in [0.25, 0.3) is 0 Å². The minimum absolute atomic E-state index is 0.853. The highest BCUT2D eigenvalue weighted by atomic mass is 79.9. The van der Waals surface area contributed by atoms with Crippen molar-refractivity contribution in [3.63, 3.8) is 0 Å². The molecule has 3 rings (SSSR count). The molecule has 5 heteroatoms. The number of pyridine rings is 1. The molecule has 2 N–H and O–H groups in total. The van der Waals surface area contributed by atoms with E-state index < -0.39 is 0 Å². The molecule has 20 heavy (non-hydrogen) atoms. The number of aromatic nitrogens is 1. The maximum Gasteiger partial charge on any atom is 0.0601 e. The second-order valence-electron chi connectivity index (χ2n) is 4.86. The van der Waals surface area contributed by atoms with Crippen LogP contribution in [0.4, 0.5) is 17.1 Å². The second kappa shape index (κ2) is 5.71. The van der Waals surface area contributed by atoms with Crippen LogP contribution >= 0.6 is 15.9 Å². The van der Waals surface area contributed by atoms with Crippen molar-refractivity contribution in [1.82, 2.24) is 4.98 Å². The van der Waals surface area contributed by atoms with Crippen molar-refractivity contribution in [1.29, 1.82) is 0 Å². The number of nitrogen functional groups attached to an aromatic ring is 1. The van der Waals surface area contributed by atoms with E-state index in [-0.39, 0.29) is 0 Å². The quantitative estimate of drug-likeness (QED) is 0.859. The first kappa shape index (κ1) is 13.2. The van der Waals surface area contributed by atoms with Crippen LogP contribution in [0, 0.1) is 0 Å². The average Bonchev–Trinajstić information content (AvgIpc) is 2.49. The zero-order valence-corrected chi connectivity index (χ0v) is 12.8. The molecule has 0 atom stereocenters. The van der Waals surface area contributed by atoms with E-state index in [1.54, 1.807) is 0 Å². The number of nitrogens with two attached hydrogens (primary N) is 1. The highest BCUT2D eigenvalue weighted by Gasteiger charge is 2.19. The summed E-state index contributed by atoms with van der Waals surface area (Å²) in [4.78, 5) is 8.84. The molecule has 0 saturated carbocycles. The maximum absolute atomic E-state index is 6.05. The SMILES string of the molecule is Nc1ccccc1N1CCN(c2ccncc2Br)CC1. The summed E-state index contributed by atoms with van der Waals surface area (Å²) >= 11 is 3.57. The van der Waals surface area contributed by atoms with E-state index in [0.717, 1.165) is 42.0 Å². The first-order valence-corrected chi connectivity index (χ1v) is 7.49. The smallest absolute Gasteiger partial charge is 0.0601 e. The summed E-state index contributed by atoms with van der Waals surface area (Å²) < 4.78 is 1.05. The van der Waals surface area contributed by atoms with E-state index in [0.29, 0.717) is 0 Å². The molecule has 1 aromatic heterocycles. The van der Waals surface area contributed by atoms with Gasteiger partial charge >= 0.3 is 0 Å². The van der Waals surface area contributed by atoms with Gasteiger partial charge in [-0.3, -0.25) is 4.98 Å². The zero-order chi connectivity index (χ0) is 13.9. The van der Waals surface area contributed by atoms with Crippen LogP contribution in [0.15, 0.2) is 47.2 Å². The Bertz CT molecular complexity index is 540. The molecule has 1 aliphatic heterocycles. The fourth-order valence-corrected chi connectivity index (χ4v) is 3.09. The number of rotatable bonds is 2. The third-order valence-corrected chi connectivity index (χ3v) is 4.26. The summed E-state index contributed by atoms with van der Waals surface area (Å²) in [5.74, 6) is 0. The molecule has 0 spiro atoms. The molecule has 0 unspecified atom stereocenters. The molecule has 2 aromatic rings. The molecule has 1 aromatic carbocycles. The molecule has 1 saturated heterocycles. The van der Waals surface area contributed by atoms with E-state index in [1.807, 2.05) is 30.6 Å². The molecule has 0 aliphatic carbocycles. The fourth-order valence-electron chi connectivity index (χ4n) is 2.59. The number of hydrogen-bond acceptors (Lipinski definition) is 4. The van der Waals surface area contributed by atoms with E-state index in [4.69, 9.17) is 5.73 Å². The van der Waals surface area contributed by atoms with Crippen molar-refractivity contribution in [2.45, 2.75) is 0 Å². The second-order valence-corrected chi connectivity index (χ2v) is 5.71. The lowest BCUT2D eigenvalue weighted by molar-refractivity contribution is 0.653. The molecule has 0 radical (unpaired) electrons. The van der Waals surface area contributed by atoms with Crippen LogP contribution in [0.5, 0.6) is 0 Å². The summed E-state index contributed by atoms with van der Waals surface area (Å²) in [7, 11) is 0. The molecule has 2 heterocycles. The summed E-state index contributed by atoms with van der Waals surface area (Å²) in [6, 6.07) is 10.1. The van der Waals surface area contributed by atoms with Crippen molar-refractivity contribution in [3.8, 4) is 0 Å². The van der Waals surface area contributed by atoms with Gasteiger partial charge in [0, 0.05) is 38.6 Å². The Morgan fingerprint density at radius 1 is 0.950 bits per heavy atom. The van der Waals surface area contributed by atoms with Gasteiger partial charge in [-0.2, -0.15) is 0 Å². The normalized spacial score (nSPS) is 15.4. The molecular formula is C15H17BrN4. The molecule has 1 aliphatic rings. The minimum Gasteiger partial charge on any atom is -0.397 e. The predicted molar refractivity (Wildman–Crippen MR) is 87.2 cm³/mol. The maximum atomic E-state index is 6.05. The summed E-state index contributed by atoms with van der Waals surface area (Å²) in [5.41, 5.74) is 9.25. The first-order chi connectivity index (χ1) is 9.75. The molecular weight excluding hydrogens is 316 g/mol. The topological polar surface area (TPSA) is 45.4 Å². The highest BCUT2D eigenvalue weighted by Crippen LogP contribution is 2.28. The van der Waals surface area contributed by atoms with Gasteiger partial charge in [-0.05, 0) is 34.1 Å². The summed E-state index contributed by atoms with van der Waals surface area (Å²) in [5, 5.41) is 0. The highest BCUT2D eigenvalue weighted by molar-refractivity contribution is 9.10. The molecule has 104 valence electrons. The predicted octanol–water partition coefficient (Wildman–Crippen LogP) is 2.75. The number of nitrogens with zero attached hydrogens (tertiary/aromatic N) is 3. The fraction of sp³-hybridized carbons (Fsp3) is 0.267. The van der Waals surface area contributed by atoms with Gasteiger partial charge in [0.15, 0.2) is 0 Å². The Hall–Kier alpha value is -1.75. The number of benzene rings is 1. The van der Waals surface area contributed by atoms with Crippen molar-refractivity contribution >= 4 is 33.0 Å². The van der Waals surface area contributed by atoms with Gasteiger partial charge in [0.2, 0.25) is 0 Å². The van der Waals surface area contributed by atoms with Crippen LogP contribution in [0.2, 0.25) is 0 Å². The molecule has 0 amide bonds. The van der Waals surface area contributed by atoms with Gasteiger partial charge in [0.1, 0.15) is 0 Å². The van der Waals surface area contributed by atoms with Gasteiger partial charge in [-0.1, -0.05) is 12.1 Å². The number of halogens is 1. The zero-order valence-electron chi connectivity index (χ0n) is 11.2.